The maximum absolute atomic E-state index is 10.5. The minimum absolute atomic E-state index is 0.683. The number of rotatable bonds is 5. The zero-order valence-electron chi connectivity index (χ0n) is 11.9. The Morgan fingerprint density at radius 1 is 1.10 bits per heavy atom. The maximum atomic E-state index is 10.5. The Morgan fingerprint density at radius 2 is 1.81 bits per heavy atom. The minimum atomic E-state index is -0.967. The predicted molar refractivity (Wildman–Crippen MR) is 80.9 cm³/mol. The Bertz CT molecular complexity index is 674. The van der Waals surface area contributed by atoms with E-state index in [2.05, 4.69) is 0 Å². The Balaban J connectivity index is 2.18. The molecule has 0 heterocycles. The number of hydrogen-bond acceptors (Lipinski definition) is 3. The Hall–Kier alpha value is -2.75. The van der Waals surface area contributed by atoms with Gasteiger partial charge in [0.1, 0.15) is 17.2 Å². The van der Waals surface area contributed by atoms with Crippen LogP contribution in [0.15, 0.2) is 48.5 Å². The lowest BCUT2D eigenvalue weighted by Crippen LogP contribution is -1.90. The molecule has 0 saturated heterocycles. The second kappa shape index (κ2) is 6.61. The molecule has 0 unspecified atom stereocenters. The lowest BCUT2D eigenvalue weighted by molar-refractivity contribution is -0.131. The second-order valence-electron chi connectivity index (χ2n) is 4.47. The van der Waals surface area contributed by atoms with E-state index in [0.717, 1.165) is 23.0 Å². The van der Waals surface area contributed by atoms with Crippen LogP contribution < -0.4 is 9.47 Å². The van der Waals surface area contributed by atoms with Crippen LogP contribution in [0, 0.1) is 6.92 Å². The summed E-state index contributed by atoms with van der Waals surface area (Å²) in [6.45, 7) is 1.90. The van der Waals surface area contributed by atoms with Gasteiger partial charge in [-0.3, -0.25) is 0 Å². The molecule has 0 saturated carbocycles. The summed E-state index contributed by atoms with van der Waals surface area (Å²) in [5, 5.41) is 8.64. The van der Waals surface area contributed by atoms with Gasteiger partial charge < -0.3 is 14.6 Å². The van der Waals surface area contributed by atoms with Crippen LogP contribution in [0.5, 0.6) is 17.2 Å². The van der Waals surface area contributed by atoms with E-state index in [1.807, 2.05) is 37.3 Å². The Kier molecular flexibility index (Phi) is 4.61. The van der Waals surface area contributed by atoms with E-state index in [0.29, 0.717) is 11.5 Å². The average molecular weight is 284 g/mol. The number of aliphatic carboxylic acids is 1. The van der Waals surface area contributed by atoms with Crippen LogP contribution in [-0.4, -0.2) is 18.2 Å². The molecular formula is C17H16O4. The first-order chi connectivity index (χ1) is 10.1. The van der Waals surface area contributed by atoms with E-state index in [4.69, 9.17) is 14.6 Å². The molecule has 0 radical (unpaired) electrons. The van der Waals surface area contributed by atoms with Gasteiger partial charge in [0.25, 0.3) is 0 Å². The number of hydrogen-bond donors (Lipinski definition) is 1. The van der Waals surface area contributed by atoms with Crippen molar-refractivity contribution in [2.75, 3.05) is 7.11 Å². The third-order valence-corrected chi connectivity index (χ3v) is 2.92. The molecule has 0 aliphatic carbocycles. The van der Waals surface area contributed by atoms with Crippen molar-refractivity contribution in [1.29, 1.82) is 0 Å². The molecule has 2 aromatic carbocycles. The van der Waals surface area contributed by atoms with Crippen molar-refractivity contribution in [3.8, 4) is 17.2 Å². The van der Waals surface area contributed by atoms with Gasteiger partial charge in [0.2, 0.25) is 0 Å². The molecule has 4 heteroatoms. The summed E-state index contributed by atoms with van der Waals surface area (Å²) in [4.78, 5) is 10.5. The molecule has 4 nitrogen and oxygen atoms in total. The highest BCUT2D eigenvalue weighted by Crippen LogP contribution is 2.26. The molecule has 0 bridgehead atoms. The lowest BCUT2D eigenvalue weighted by atomic mass is 10.1. The normalized spacial score (nSPS) is 10.6. The van der Waals surface area contributed by atoms with Gasteiger partial charge in [-0.2, -0.15) is 0 Å². The maximum Gasteiger partial charge on any atom is 0.328 e. The lowest BCUT2D eigenvalue weighted by Gasteiger charge is -2.09. The number of methoxy groups -OCH3 is 1. The fourth-order valence-electron chi connectivity index (χ4n) is 1.86. The number of benzene rings is 2. The SMILES string of the molecule is COc1cccc(Oc2ccc(C=CC(=O)O)c(C)c2)c1. The summed E-state index contributed by atoms with van der Waals surface area (Å²) >= 11 is 0. The smallest absolute Gasteiger partial charge is 0.328 e. The topological polar surface area (TPSA) is 55.8 Å². The molecule has 0 fully saturated rings. The van der Waals surface area contributed by atoms with E-state index in [9.17, 15) is 4.79 Å². The number of aryl methyl sites for hydroxylation is 1. The second-order valence-corrected chi connectivity index (χ2v) is 4.47. The largest absolute Gasteiger partial charge is 0.497 e. The quantitative estimate of drug-likeness (QED) is 0.846. The summed E-state index contributed by atoms with van der Waals surface area (Å²) < 4.78 is 10.9. The number of carboxylic acid groups (broad SMARTS) is 1. The Morgan fingerprint density at radius 3 is 2.48 bits per heavy atom. The van der Waals surface area contributed by atoms with Crippen molar-refractivity contribution in [3.63, 3.8) is 0 Å². The van der Waals surface area contributed by atoms with Crippen molar-refractivity contribution in [2.24, 2.45) is 0 Å². The summed E-state index contributed by atoms with van der Waals surface area (Å²) in [5.74, 6) is 1.13. The van der Waals surface area contributed by atoms with E-state index in [-0.39, 0.29) is 0 Å². The molecule has 1 N–H and O–H groups in total. The standard InChI is InChI=1S/C17H16O4/c1-12-10-16(8-6-13(12)7-9-17(18)19)21-15-5-3-4-14(11-15)20-2/h3-11H,1-2H3,(H,18,19). The first-order valence-corrected chi connectivity index (χ1v) is 6.42. The fraction of sp³-hybridized carbons (Fsp3) is 0.118. The van der Waals surface area contributed by atoms with Crippen LogP contribution in [0.3, 0.4) is 0 Å². The molecule has 2 rings (SSSR count). The highest BCUT2D eigenvalue weighted by molar-refractivity contribution is 5.85. The van der Waals surface area contributed by atoms with Gasteiger partial charge in [0, 0.05) is 12.1 Å². The zero-order valence-corrected chi connectivity index (χ0v) is 11.9. The van der Waals surface area contributed by atoms with E-state index in [1.54, 1.807) is 25.3 Å². The van der Waals surface area contributed by atoms with Gasteiger partial charge in [-0.25, -0.2) is 4.79 Å². The van der Waals surface area contributed by atoms with Gasteiger partial charge in [-0.15, -0.1) is 0 Å². The summed E-state index contributed by atoms with van der Waals surface area (Å²) in [6, 6.07) is 12.8. The van der Waals surface area contributed by atoms with Crippen molar-refractivity contribution in [1.82, 2.24) is 0 Å². The fourth-order valence-corrected chi connectivity index (χ4v) is 1.86. The molecule has 0 spiro atoms. The number of ether oxygens (including phenoxy) is 2. The third kappa shape index (κ3) is 4.11. The van der Waals surface area contributed by atoms with Gasteiger partial charge in [0.15, 0.2) is 0 Å². The van der Waals surface area contributed by atoms with E-state index < -0.39 is 5.97 Å². The molecule has 0 amide bonds. The van der Waals surface area contributed by atoms with Crippen LogP contribution in [0.25, 0.3) is 6.08 Å². The van der Waals surface area contributed by atoms with Gasteiger partial charge in [-0.1, -0.05) is 12.1 Å². The monoisotopic (exact) mass is 284 g/mol. The van der Waals surface area contributed by atoms with E-state index >= 15 is 0 Å². The van der Waals surface area contributed by atoms with Gasteiger partial charge >= 0.3 is 5.97 Å². The number of carbonyl (C=O) groups is 1. The highest BCUT2D eigenvalue weighted by atomic mass is 16.5. The molecule has 21 heavy (non-hydrogen) atoms. The van der Waals surface area contributed by atoms with Crippen molar-refractivity contribution in [2.45, 2.75) is 6.92 Å². The molecule has 0 aliphatic heterocycles. The van der Waals surface area contributed by atoms with Crippen molar-refractivity contribution in [3.05, 3.63) is 59.7 Å². The minimum Gasteiger partial charge on any atom is -0.497 e. The van der Waals surface area contributed by atoms with Crippen LogP contribution in [0.4, 0.5) is 0 Å². The summed E-state index contributed by atoms with van der Waals surface area (Å²) in [7, 11) is 1.60. The van der Waals surface area contributed by atoms with Crippen molar-refractivity contribution >= 4 is 12.0 Å². The van der Waals surface area contributed by atoms with Crippen LogP contribution >= 0.6 is 0 Å². The van der Waals surface area contributed by atoms with E-state index in [1.165, 1.54) is 0 Å². The van der Waals surface area contributed by atoms with Gasteiger partial charge in [-0.05, 0) is 48.4 Å². The van der Waals surface area contributed by atoms with Crippen LogP contribution in [0.1, 0.15) is 11.1 Å². The molecule has 0 aliphatic rings. The van der Waals surface area contributed by atoms with Crippen LogP contribution in [0.2, 0.25) is 0 Å². The summed E-state index contributed by atoms with van der Waals surface area (Å²) in [6.07, 6.45) is 2.68. The predicted octanol–water partition coefficient (Wildman–Crippen LogP) is 3.89. The van der Waals surface area contributed by atoms with Gasteiger partial charge in [0.05, 0.1) is 7.11 Å². The first-order valence-electron chi connectivity index (χ1n) is 6.42. The molecule has 108 valence electrons. The molecule has 0 atom stereocenters. The Labute approximate surface area is 123 Å². The van der Waals surface area contributed by atoms with Crippen molar-refractivity contribution < 1.29 is 19.4 Å². The third-order valence-electron chi connectivity index (χ3n) is 2.92. The molecule has 2 aromatic rings. The molecular weight excluding hydrogens is 268 g/mol. The highest BCUT2D eigenvalue weighted by Gasteiger charge is 2.02. The zero-order chi connectivity index (χ0) is 15.2. The number of carboxylic acids is 1. The van der Waals surface area contributed by atoms with Crippen LogP contribution in [-0.2, 0) is 4.79 Å². The average Bonchev–Trinajstić information content (AvgIpc) is 2.46. The molecule has 0 aromatic heterocycles. The summed E-state index contributed by atoms with van der Waals surface area (Å²) in [5.41, 5.74) is 1.78. The first kappa shape index (κ1) is 14.7.